The topological polar surface area (TPSA) is 9.86 Å². The van der Waals surface area contributed by atoms with Gasteiger partial charge in [0.25, 0.3) is 0 Å². The minimum Gasteiger partial charge on any atom is -0.309 e. The van der Waals surface area contributed by atoms with E-state index >= 15 is 0 Å². The lowest BCUT2D eigenvalue weighted by Crippen LogP contribution is -2.06. The lowest BCUT2D eigenvalue weighted by atomic mass is 9.90. The molecule has 0 amide bonds. The molecule has 10 rings (SSSR count). The number of aryl methyl sites for hydroxylation is 1. The summed E-state index contributed by atoms with van der Waals surface area (Å²) < 4.78 is 4.90. The van der Waals surface area contributed by atoms with Crippen molar-refractivity contribution in [1.82, 2.24) is 9.13 Å². The summed E-state index contributed by atoms with van der Waals surface area (Å²) >= 11 is 0. The van der Waals surface area contributed by atoms with Gasteiger partial charge in [0, 0.05) is 38.7 Å². The predicted octanol–water partition coefficient (Wildman–Crippen LogP) is 12.4. The maximum Gasteiger partial charge on any atom is 0.0619 e. The van der Waals surface area contributed by atoms with Gasteiger partial charge in [-0.2, -0.15) is 0 Å². The van der Waals surface area contributed by atoms with Crippen LogP contribution in [0.5, 0.6) is 0 Å². The molecule has 1 aliphatic rings. The lowest BCUT2D eigenvalue weighted by molar-refractivity contribution is 0.956. The largest absolute Gasteiger partial charge is 0.309 e. The van der Waals surface area contributed by atoms with Crippen LogP contribution in [0.3, 0.4) is 0 Å². The molecule has 0 atom stereocenters. The van der Waals surface area contributed by atoms with Gasteiger partial charge >= 0.3 is 0 Å². The van der Waals surface area contributed by atoms with Crippen molar-refractivity contribution in [1.29, 1.82) is 0 Å². The second-order valence-electron chi connectivity index (χ2n) is 13.2. The SMILES string of the molecule is C1=C(c2ccccc2)c2c(c3ccccc3n2-c2ccc(-c3ccc(-n4c5ccccc5c5cccc(-c6ccccc6)c54)cc3)cc2)CC1. The van der Waals surface area contributed by atoms with Gasteiger partial charge in [0.15, 0.2) is 0 Å². The van der Waals surface area contributed by atoms with Crippen LogP contribution >= 0.6 is 0 Å². The molecule has 0 spiro atoms. The molecule has 2 aromatic heterocycles. The highest BCUT2D eigenvalue weighted by Gasteiger charge is 2.24. The van der Waals surface area contributed by atoms with Crippen LogP contribution in [-0.2, 0) is 6.42 Å². The number of para-hydroxylation sites is 3. The predicted molar refractivity (Wildman–Crippen MR) is 210 cm³/mol. The van der Waals surface area contributed by atoms with Gasteiger partial charge in [0.1, 0.15) is 0 Å². The van der Waals surface area contributed by atoms with Crippen molar-refractivity contribution in [2.45, 2.75) is 12.8 Å². The Morgan fingerprint density at radius 3 is 1.60 bits per heavy atom. The molecule has 1 aliphatic carbocycles. The van der Waals surface area contributed by atoms with Gasteiger partial charge in [-0.15, -0.1) is 0 Å². The van der Waals surface area contributed by atoms with Crippen LogP contribution in [-0.4, -0.2) is 9.13 Å². The fourth-order valence-electron chi connectivity index (χ4n) is 8.18. The molecular formula is C48H34N2. The van der Waals surface area contributed by atoms with Crippen LogP contribution in [0.4, 0.5) is 0 Å². The Hall–Kier alpha value is -6.38. The smallest absolute Gasteiger partial charge is 0.0619 e. The molecule has 2 nitrogen and oxygen atoms in total. The summed E-state index contributed by atoms with van der Waals surface area (Å²) in [6.45, 7) is 0. The highest BCUT2D eigenvalue weighted by atomic mass is 15.0. The summed E-state index contributed by atoms with van der Waals surface area (Å²) in [7, 11) is 0. The third-order valence-corrected chi connectivity index (χ3v) is 10.4. The standard InChI is InChI=1S/C48H34N2/c1-3-13-35(14-4-1)39-19-11-21-43-41-17-7-9-23-45(41)49(47(39)43)37-29-25-33(26-30-37)34-27-31-38(32-28-34)50-46-24-10-8-18-42(46)44-22-12-20-40(48(44)50)36-15-5-2-6-16-36/h1-11,13-21,23-32H,12,22H2. The van der Waals surface area contributed by atoms with E-state index in [1.807, 2.05) is 0 Å². The van der Waals surface area contributed by atoms with E-state index in [2.05, 4.69) is 191 Å². The molecule has 2 heterocycles. The molecule has 0 saturated carbocycles. The molecular weight excluding hydrogens is 605 g/mol. The van der Waals surface area contributed by atoms with Crippen molar-refractivity contribution >= 4 is 38.3 Å². The number of fused-ring (bicyclic) bond motifs is 6. The third-order valence-electron chi connectivity index (χ3n) is 10.4. The zero-order chi connectivity index (χ0) is 33.0. The van der Waals surface area contributed by atoms with Gasteiger partial charge in [-0.3, -0.25) is 0 Å². The van der Waals surface area contributed by atoms with Crippen LogP contribution in [0, 0.1) is 0 Å². The lowest BCUT2D eigenvalue weighted by Gasteiger charge is -2.19. The Morgan fingerprint density at radius 2 is 0.920 bits per heavy atom. The first kappa shape index (κ1) is 28.6. The van der Waals surface area contributed by atoms with E-state index in [0.717, 1.165) is 18.5 Å². The summed E-state index contributed by atoms with van der Waals surface area (Å²) in [5.74, 6) is 0. The number of benzene rings is 7. The fraction of sp³-hybridized carbons (Fsp3) is 0.0417. The normalized spacial score (nSPS) is 12.8. The van der Waals surface area contributed by atoms with Gasteiger partial charge in [-0.1, -0.05) is 146 Å². The summed E-state index contributed by atoms with van der Waals surface area (Å²) in [6.07, 6.45) is 4.54. The number of aromatic nitrogens is 2. The molecule has 0 saturated heterocycles. The van der Waals surface area contributed by atoms with Gasteiger partial charge in [-0.25, -0.2) is 0 Å². The number of nitrogens with zero attached hydrogens (tertiary/aromatic N) is 2. The van der Waals surface area contributed by atoms with E-state index in [0.29, 0.717) is 0 Å². The van der Waals surface area contributed by atoms with E-state index in [9.17, 15) is 0 Å². The first-order valence-corrected chi connectivity index (χ1v) is 17.5. The zero-order valence-corrected chi connectivity index (χ0v) is 27.6. The second kappa shape index (κ2) is 11.6. The van der Waals surface area contributed by atoms with E-state index in [1.165, 1.54) is 83.0 Å². The average molecular weight is 639 g/mol. The van der Waals surface area contributed by atoms with Crippen molar-refractivity contribution in [3.05, 3.63) is 199 Å². The van der Waals surface area contributed by atoms with Crippen molar-refractivity contribution in [2.24, 2.45) is 0 Å². The van der Waals surface area contributed by atoms with Crippen LogP contribution in [0.2, 0.25) is 0 Å². The molecule has 0 unspecified atom stereocenters. The van der Waals surface area contributed by atoms with Gasteiger partial charge < -0.3 is 9.13 Å². The molecule has 0 fully saturated rings. The summed E-state index contributed by atoms with van der Waals surface area (Å²) in [5.41, 5.74) is 16.3. The molecule has 7 aromatic carbocycles. The fourth-order valence-corrected chi connectivity index (χ4v) is 8.18. The molecule has 0 radical (unpaired) electrons. The van der Waals surface area contributed by atoms with Gasteiger partial charge in [-0.05, 0) is 77.1 Å². The number of allylic oxidation sites excluding steroid dienone is 1. The first-order valence-electron chi connectivity index (χ1n) is 17.5. The van der Waals surface area contributed by atoms with Crippen LogP contribution in [0.15, 0.2) is 182 Å². The Labute approximate surface area is 291 Å². The Kier molecular flexibility index (Phi) is 6.67. The monoisotopic (exact) mass is 638 g/mol. The van der Waals surface area contributed by atoms with Crippen molar-refractivity contribution in [3.63, 3.8) is 0 Å². The minimum absolute atomic E-state index is 1.06. The van der Waals surface area contributed by atoms with E-state index in [1.54, 1.807) is 0 Å². The molecule has 2 heteroatoms. The maximum atomic E-state index is 2.47. The van der Waals surface area contributed by atoms with Crippen molar-refractivity contribution in [3.8, 4) is 33.6 Å². The number of hydrogen-bond donors (Lipinski definition) is 0. The Morgan fingerprint density at radius 1 is 0.380 bits per heavy atom. The number of rotatable bonds is 5. The molecule has 0 bridgehead atoms. The van der Waals surface area contributed by atoms with Gasteiger partial charge in [0.2, 0.25) is 0 Å². The van der Waals surface area contributed by atoms with E-state index in [4.69, 9.17) is 0 Å². The van der Waals surface area contributed by atoms with Crippen LogP contribution in [0.1, 0.15) is 23.2 Å². The highest BCUT2D eigenvalue weighted by Crippen LogP contribution is 2.41. The Balaban J connectivity index is 1.06. The molecule has 0 aliphatic heterocycles. The quantitative estimate of drug-likeness (QED) is 0.178. The summed E-state index contributed by atoms with van der Waals surface area (Å²) in [4.78, 5) is 0. The van der Waals surface area contributed by atoms with Crippen LogP contribution in [0.25, 0.3) is 71.9 Å². The van der Waals surface area contributed by atoms with Gasteiger partial charge in [0.05, 0.1) is 22.2 Å². The molecule has 0 N–H and O–H groups in total. The van der Waals surface area contributed by atoms with Crippen LogP contribution < -0.4 is 0 Å². The van der Waals surface area contributed by atoms with Crippen molar-refractivity contribution < 1.29 is 0 Å². The highest BCUT2D eigenvalue weighted by molar-refractivity contribution is 6.13. The first-order chi connectivity index (χ1) is 24.8. The van der Waals surface area contributed by atoms with E-state index < -0.39 is 0 Å². The second-order valence-corrected chi connectivity index (χ2v) is 13.2. The number of hydrogen-bond acceptors (Lipinski definition) is 0. The summed E-state index contributed by atoms with van der Waals surface area (Å²) in [6, 6.07) is 64.0. The molecule has 50 heavy (non-hydrogen) atoms. The molecule has 236 valence electrons. The maximum absolute atomic E-state index is 2.47. The minimum atomic E-state index is 1.06. The average Bonchev–Trinajstić information content (AvgIpc) is 3.72. The Bertz CT molecular complexity index is 2710. The zero-order valence-electron chi connectivity index (χ0n) is 27.6. The van der Waals surface area contributed by atoms with Crippen molar-refractivity contribution in [2.75, 3.05) is 0 Å². The third kappa shape index (κ3) is 4.49. The molecule has 9 aromatic rings. The summed E-state index contributed by atoms with van der Waals surface area (Å²) in [5, 5.41) is 3.89. The van der Waals surface area contributed by atoms with E-state index in [-0.39, 0.29) is 0 Å².